The van der Waals surface area contributed by atoms with Crippen LogP contribution in [0.4, 0.5) is 5.69 Å². The van der Waals surface area contributed by atoms with Crippen LogP contribution in [0.2, 0.25) is 0 Å². The summed E-state index contributed by atoms with van der Waals surface area (Å²) in [7, 11) is 0. The van der Waals surface area contributed by atoms with E-state index in [0.717, 1.165) is 29.9 Å². The van der Waals surface area contributed by atoms with Crippen LogP contribution in [0.3, 0.4) is 0 Å². The molecule has 4 rings (SSSR count). The highest BCUT2D eigenvalue weighted by atomic mass is 16.7. The van der Waals surface area contributed by atoms with E-state index in [2.05, 4.69) is 5.16 Å². The second-order valence-electron chi connectivity index (χ2n) is 6.83. The van der Waals surface area contributed by atoms with Crippen LogP contribution in [0.5, 0.6) is 0 Å². The first-order valence-corrected chi connectivity index (χ1v) is 8.16. The summed E-state index contributed by atoms with van der Waals surface area (Å²) in [5.41, 5.74) is 1.27. The molecule has 3 aliphatic carbocycles. The van der Waals surface area contributed by atoms with E-state index in [9.17, 15) is 14.9 Å². The molecule has 3 aliphatic rings. The van der Waals surface area contributed by atoms with E-state index in [-0.39, 0.29) is 11.3 Å². The highest BCUT2D eigenvalue weighted by Crippen LogP contribution is 2.57. The van der Waals surface area contributed by atoms with E-state index in [1.54, 1.807) is 0 Å². The first-order chi connectivity index (χ1) is 11.1. The molecular formula is C17H18N2O4. The van der Waals surface area contributed by atoms with Crippen molar-refractivity contribution in [3.05, 3.63) is 39.9 Å². The van der Waals surface area contributed by atoms with Gasteiger partial charge in [0.15, 0.2) is 0 Å². The number of fused-ring (bicyclic) bond motifs is 5. The molecule has 0 aliphatic heterocycles. The zero-order valence-electron chi connectivity index (χ0n) is 12.7. The SMILES string of the molecule is O=C(O/N=C1\C[C@@H]2C[C@H]1[C@H]1CCC[C@@H]21)c1ccc([N+](=O)[O-])cc1. The van der Waals surface area contributed by atoms with Crippen molar-refractivity contribution in [1.82, 2.24) is 0 Å². The van der Waals surface area contributed by atoms with Gasteiger partial charge < -0.3 is 4.84 Å². The summed E-state index contributed by atoms with van der Waals surface area (Å²) in [6, 6.07) is 5.39. The summed E-state index contributed by atoms with van der Waals surface area (Å²) in [5, 5.41) is 14.7. The minimum atomic E-state index is -0.557. The average Bonchev–Trinajstić information content (AvgIpc) is 3.25. The normalized spacial score (nSPS) is 33.0. The maximum Gasteiger partial charge on any atom is 0.365 e. The minimum absolute atomic E-state index is 0.0479. The molecule has 0 N–H and O–H groups in total. The topological polar surface area (TPSA) is 81.8 Å². The van der Waals surface area contributed by atoms with E-state index in [1.807, 2.05) is 0 Å². The summed E-state index contributed by atoms with van der Waals surface area (Å²) in [6.45, 7) is 0. The van der Waals surface area contributed by atoms with Crippen molar-refractivity contribution >= 4 is 17.4 Å². The van der Waals surface area contributed by atoms with Crippen LogP contribution >= 0.6 is 0 Å². The van der Waals surface area contributed by atoms with Gasteiger partial charge in [-0.3, -0.25) is 10.1 Å². The number of benzene rings is 1. The maximum absolute atomic E-state index is 12.0. The summed E-state index contributed by atoms with van der Waals surface area (Å²) in [6.07, 6.45) is 6.10. The van der Waals surface area contributed by atoms with Crippen molar-refractivity contribution in [2.24, 2.45) is 28.8 Å². The lowest BCUT2D eigenvalue weighted by Gasteiger charge is -2.25. The van der Waals surface area contributed by atoms with Crippen molar-refractivity contribution in [2.75, 3.05) is 0 Å². The van der Waals surface area contributed by atoms with Crippen LogP contribution in [0.1, 0.15) is 42.5 Å². The molecule has 0 spiro atoms. The fraction of sp³-hybridized carbons (Fsp3) is 0.529. The predicted octanol–water partition coefficient (Wildman–Crippen LogP) is 3.56. The molecule has 1 aromatic rings. The minimum Gasteiger partial charge on any atom is -0.313 e. The molecule has 0 saturated heterocycles. The monoisotopic (exact) mass is 314 g/mol. The molecule has 1 aromatic carbocycles. The molecule has 6 heteroatoms. The zero-order valence-corrected chi connectivity index (χ0v) is 12.7. The van der Waals surface area contributed by atoms with Gasteiger partial charge in [0.2, 0.25) is 0 Å². The fourth-order valence-electron chi connectivity index (χ4n) is 4.79. The Morgan fingerprint density at radius 3 is 2.70 bits per heavy atom. The number of hydrogen-bond donors (Lipinski definition) is 0. The second kappa shape index (κ2) is 5.44. The lowest BCUT2D eigenvalue weighted by Crippen LogP contribution is -2.24. The second-order valence-corrected chi connectivity index (χ2v) is 6.83. The van der Waals surface area contributed by atoms with Crippen LogP contribution in [0.15, 0.2) is 29.4 Å². The van der Waals surface area contributed by atoms with Gasteiger partial charge in [-0.15, -0.1) is 0 Å². The first-order valence-electron chi connectivity index (χ1n) is 8.16. The molecule has 0 amide bonds. The average molecular weight is 314 g/mol. The highest BCUT2D eigenvalue weighted by molar-refractivity contribution is 5.93. The van der Waals surface area contributed by atoms with E-state index in [0.29, 0.717) is 5.92 Å². The Hall–Kier alpha value is -2.24. The van der Waals surface area contributed by atoms with Crippen LogP contribution in [-0.2, 0) is 4.84 Å². The number of rotatable bonds is 3. The third kappa shape index (κ3) is 2.42. The number of oxime groups is 1. The Kier molecular flexibility index (Phi) is 3.39. The largest absolute Gasteiger partial charge is 0.365 e. The van der Waals surface area contributed by atoms with Crippen molar-refractivity contribution in [3.8, 4) is 0 Å². The molecule has 0 heterocycles. The van der Waals surface area contributed by atoms with Gasteiger partial charge in [-0.1, -0.05) is 11.6 Å². The summed E-state index contributed by atoms with van der Waals surface area (Å²) in [4.78, 5) is 27.2. The summed E-state index contributed by atoms with van der Waals surface area (Å²) in [5.74, 6) is 2.27. The number of nitro groups is 1. The summed E-state index contributed by atoms with van der Waals surface area (Å²) < 4.78 is 0. The molecular weight excluding hydrogens is 296 g/mol. The van der Waals surface area contributed by atoms with Gasteiger partial charge in [-0.2, -0.15) is 0 Å². The van der Waals surface area contributed by atoms with Crippen LogP contribution in [-0.4, -0.2) is 16.6 Å². The maximum atomic E-state index is 12.0. The van der Waals surface area contributed by atoms with Gasteiger partial charge in [-0.05, 0) is 55.6 Å². The van der Waals surface area contributed by atoms with E-state index in [4.69, 9.17) is 4.84 Å². The van der Waals surface area contributed by atoms with Crippen molar-refractivity contribution < 1.29 is 14.6 Å². The predicted molar refractivity (Wildman–Crippen MR) is 83.0 cm³/mol. The standard InChI is InChI=1S/C17H18N2O4/c20-17(10-4-6-12(7-5-10)19(21)22)23-18-16-9-11-8-15(16)14-3-1-2-13(11)14/h4-7,11,13-15H,1-3,8-9H2/b18-16+/t11-,13-,14-,15-/m0/s1. The van der Waals surface area contributed by atoms with E-state index < -0.39 is 10.9 Å². The van der Waals surface area contributed by atoms with Gasteiger partial charge in [-0.25, -0.2) is 4.79 Å². The number of carbonyl (C=O) groups excluding carboxylic acids is 1. The quantitative estimate of drug-likeness (QED) is 0.485. The fourth-order valence-corrected chi connectivity index (χ4v) is 4.79. The van der Waals surface area contributed by atoms with E-state index >= 15 is 0 Å². The zero-order chi connectivity index (χ0) is 16.0. The molecule has 23 heavy (non-hydrogen) atoms. The number of hydrogen-bond acceptors (Lipinski definition) is 5. The van der Waals surface area contributed by atoms with Crippen molar-refractivity contribution in [3.63, 3.8) is 0 Å². The molecule has 0 unspecified atom stereocenters. The van der Waals surface area contributed by atoms with Crippen LogP contribution < -0.4 is 0 Å². The third-order valence-corrected chi connectivity index (χ3v) is 5.76. The Morgan fingerprint density at radius 1 is 1.22 bits per heavy atom. The van der Waals surface area contributed by atoms with Crippen LogP contribution in [0.25, 0.3) is 0 Å². The Bertz CT molecular complexity index is 682. The first kappa shape index (κ1) is 14.4. The Morgan fingerprint density at radius 2 is 1.96 bits per heavy atom. The third-order valence-electron chi connectivity index (χ3n) is 5.76. The highest BCUT2D eigenvalue weighted by Gasteiger charge is 2.52. The van der Waals surface area contributed by atoms with Gasteiger partial charge in [0.1, 0.15) is 0 Å². The van der Waals surface area contributed by atoms with Gasteiger partial charge in [0, 0.05) is 18.1 Å². The lowest BCUT2D eigenvalue weighted by atomic mass is 9.81. The Balaban J connectivity index is 1.43. The lowest BCUT2D eigenvalue weighted by molar-refractivity contribution is -0.384. The van der Waals surface area contributed by atoms with Gasteiger partial charge in [0.25, 0.3) is 5.69 Å². The molecule has 0 radical (unpaired) electrons. The molecule has 3 saturated carbocycles. The molecule has 120 valence electrons. The van der Waals surface area contributed by atoms with Crippen LogP contribution in [0, 0.1) is 33.8 Å². The number of nitro benzene ring substituents is 1. The molecule has 3 fully saturated rings. The summed E-state index contributed by atoms with van der Waals surface area (Å²) >= 11 is 0. The number of non-ortho nitro benzene ring substituents is 1. The van der Waals surface area contributed by atoms with E-state index in [1.165, 1.54) is 49.9 Å². The molecule has 6 nitrogen and oxygen atoms in total. The Labute approximate surface area is 133 Å². The smallest absolute Gasteiger partial charge is 0.313 e. The molecule has 0 aromatic heterocycles. The molecule has 2 bridgehead atoms. The van der Waals surface area contributed by atoms with Gasteiger partial charge >= 0.3 is 5.97 Å². The molecule has 4 atom stereocenters. The number of nitrogens with zero attached hydrogens (tertiary/aromatic N) is 2. The van der Waals surface area contributed by atoms with Gasteiger partial charge in [0.05, 0.1) is 16.2 Å². The van der Waals surface area contributed by atoms with Crippen molar-refractivity contribution in [1.29, 1.82) is 0 Å². The van der Waals surface area contributed by atoms with Crippen molar-refractivity contribution in [2.45, 2.75) is 32.1 Å². The number of carbonyl (C=O) groups is 1.